The van der Waals surface area contributed by atoms with E-state index in [2.05, 4.69) is 63.2 Å². The Labute approximate surface area is 273 Å². The number of benzene rings is 2. The number of ether oxygens (including phenoxy) is 2. The topological polar surface area (TPSA) is 101 Å². The fourth-order valence-corrected chi connectivity index (χ4v) is 6.85. The van der Waals surface area contributed by atoms with Crippen molar-refractivity contribution in [3.63, 3.8) is 0 Å². The zero-order chi connectivity index (χ0) is 31.4. The molecule has 238 valence electrons. The van der Waals surface area contributed by atoms with Crippen LogP contribution in [0, 0.1) is 11.8 Å². The van der Waals surface area contributed by atoms with Crippen LogP contribution in [0.1, 0.15) is 58.4 Å². The average Bonchev–Trinajstić information content (AvgIpc) is 3.61. The summed E-state index contributed by atoms with van der Waals surface area (Å²) in [5, 5.41) is 18.9. The predicted molar refractivity (Wildman–Crippen MR) is 184 cm³/mol. The maximum atomic E-state index is 12.2. The third-order valence-corrected chi connectivity index (χ3v) is 9.64. The Balaban J connectivity index is 1.04. The van der Waals surface area contributed by atoms with Crippen LogP contribution in [-0.4, -0.2) is 43.9 Å². The molecule has 1 saturated heterocycles. The number of carbonyl (C=O) groups excluding carboxylic acids is 1. The van der Waals surface area contributed by atoms with Crippen LogP contribution >= 0.6 is 22.7 Å². The number of hydrogen-bond donors (Lipinski definition) is 0. The summed E-state index contributed by atoms with van der Waals surface area (Å²) in [4.78, 5) is 20.0. The summed E-state index contributed by atoms with van der Waals surface area (Å²) >= 11 is 2.96. The van der Waals surface area contributed by atoms with E-state index in [0.29, 0.717) is 30.5 Å². The number of fused-ring (bicyclic) bond motifs is 1. The van der Waals surface area contributed by atoms with E-state index in [-0.39, 0.29) is 5.97 Å². The summed E-state index contributed by atoms with van der Waals surface area (Å²) in [7, 11) is 0. The molecule has 1 aliphatic rings. The fourth-order valence-electron chi connectivity index (χ4n) is 5.00. The predicted octanol–water partition coefficient (Wildman–Crippen LogP) is 10.4. The second kappa shape index (κ2) is 16.7. The van der Waals surface area contributed by atoms with Crippen LogP contribution in [-0.2, 0) is 20.7 Å². The zero-order valence-electron chi connectivity index (χ0n) is 26.4. The average molecular weight is 647 g/mol. The zero-order valence-corrected chi connectivity index (χ0v) is 28.0. The minimum atomic E-state index is -0.137. The van der Waals surface area contributed by atoms with Gasteiger partial charge in [-0.05, 0) is 72.7 Å². The molecule has 4 aromatic rings. The van der Waals surface area contributed by atoms with Gasteiger partial charge in [-0.2, -0.15) is 0 Å². The second-order valence-corrected chi connectivity index (χ2v) is 13.9. The molecule has 0 bridgehead atoms. The van der Waals surface area contributed by atoms with Crippen LogP contribution in [0.2, 0.25) is 0 Å². The highest BCUT2D eigenvalue weighted by Gasteiger charge is 2.12. The van der Waals surface area contributed by atoms with Gasteiger partial charge in [-0.3, -0.25) is 4.79 Å². The van der Waals surface area contributed by atoms with Crippen LogP contribution in [0.15, 0.2) is 75.1 Å². The van der Waals surface area contributed by atoms with Gasteiger partial charge in [0.1, 0.15) is 9.83 Å². The maximum absolute atomic E-state index is 12.2. The summed E-state index contributed by atoms with van der Waals surface area (Å²) in [5.74, 6) is 1.20. The molecule has 5 rings (SSSR count). The number of thiazole rings is 1. The number of thiophene rings is 1. The van der Waals surface area contributed by atoms with Gasteiger partial charge in [0, 0.05) is 25.2 Å². The SMILES string of the molecule is CC(C)CCCC(C)CCOC(=O)CCc1ccc(N=Nc2cc3sc(N=Nc4ccc(N5CCOCC5)cc4)nc3s2)cc1. The van der Waals surface area contributed by atoms with Gasteiger partial charge in [-0.25, -0.2) is 4.98 Å². The van der Waals surface area contributed by atoms with E-state index < -0.39 is 0 Å². The highest BCUT2D eigenvalue weighted by Crippen LogP contribution is 2.39. The highest BCUT2D eigenvalue weighted by atomic mass is 32.1. The number of aromatic nitrogens is 1. The molecule has 0 amide bonds. The van der Waals surface area contributed by atoms with E-state index in [9.17, 15) is 4.79 Å². The third kappa shape index (κ3) is 10.5. The van der Waals surface area contributed by atoms with Gasteiger partial charge < -0.3 is 14.4 Å². The molecule has 11 heteroatoms. The minimum Gasteiger partial charge on any atom is -0.466 e. The van der Waals surface area contributed by atoms with Gasteiger partial charge in [0.25, 0.3) is 0 Å². The number of aryl methyl sites for hydroxylation is 1. The number of azo groups is 2. The van der Waals surface area contributed by atoms with E-state index in [0.717, 1.165) is 70.1 Å². The number of nitrogens with zero attached hydrogens (tertiary/aromatic N) is 6. The van der Waals surface area contributed by atoms with Crippen molar-refractivity contribution in [2.75, 3.05) is 37.8 Å². The van der Waals surface area contributed by atoms with Gasteiger partial charge >= 0.3 is 5.97 Å². The molecule has 3 heterocycles. The molecule has 1 unspecified atom stereocenters. The van der Waals surface area contributed by atoms with Crippen LogP contribution in [0.4, 0.5) is 27.2 Å². The van der Waals surface area contributed by atoms with Crippen LogP contribution < -0.4 is 4.90 Å². The van der Waals surface area contributed by atoms with Crippen molar-refractivity contribution in [3.8, 4) is 0 Å². The number of anilines is 1. The number of hydrogen-bond acceptors (Lipinski definition) is 11. The van der Waals surface area contributed by atoms with Crippen molar-refractivity contribution >= 4 is 65.4 Å². The van der Waals surface area contributed by atoms with E-state index in [1.165, 1.54) is 47.6 Å². The Bertz CT molecular complexity index is 1530. The minimum absolute atomic E-state index is 0.137. The summed E-state index contributed by atoms with van der Waals surface area (Å²) in [5.41, 5.74) is 3.79. The summed E-state index contributed by atoms with van der Waals surface area (Å²) < 4.78 is 11.9. The normalized spacial score (nSPS) is 14.7. The monoisotopic (exact) mass is 646 g/mol. The first-order valence-corrected chi connectivity index (χ1v) is 17.5. The lowest BCUT2D eigenvalue weighted by atomic mass is 9.98. The van der Waals surface area contributed by atoms with Crippen molar-refractivity contribution < 1.29 is 14.3 Å². The van der Waals surface area contributed by atoms with Gasteiger partial charge in [0.05, 0.1) is 35.9 Å². The van der Waals surface area contributed by atoms with E-state index in [1.807, 2.05) is 42.5 Å². The number of rotatable bonds is 15. The lowest BCUT2D eigenvalue weighted by Gasteiger charge is -2.28. The Hall–Kier alpha value is -3.54. The number of morpholine rings is 1. The fraction of sp³-hybridized carbons (Fsp3) is 0.471. The van der Waals surface area contributed by atoms with Gasteiger partial charge in [-0.1, -0.05) is 74.8 Å². The first-order valence-electron chi connectivity index (χ1n) is 15.8. The first-order chi connectivity index (χ1) is 21.9. The van der Waals surface area contributed by atoms with E-state index >= 15 is 0 Å². The standard InChI is InChI=1S/C34H42N6O3S2/c1-24(2)5-4-6-25(3)17-20-43-32(41)16-9-26-7-10-27(11-8-26)36-38-31-23-30-33(45-31)35-34(44-30)39-37-28-12-14-29(15-13-28)40-18-21-42-22-19-40/h7-8,10-15,23-25H,4-6,9,16-22H2,1-3H3. The van der Waals surface area contributed by atoms with Crippen LogP contribution in [0.25, 0.3) is 9.53 Å². The van der Waals surface area contributed by atoms with Gasteiger partial charge in [-0.15, -0.1) is 20.5 Å². The largest absolute Gasteiger partial charge is 0.466 e. The molecule has 0 radical (unpaired) electrons. The van der Waals surface area contributed by atoms with E-state index in [4.69, 9.17) is 9.47 Å². The maximum Gasteiger partial charge on any atom is 0.306 e. The third-order valence-electron chi connectivity index (χ3n) is 7.71. The van der Waals surface area contributed by atoms with Crippen LogP contribution in [0.5, 0.6) is 0 Å². The second-order valence-electron chi connectivity index (χ2n) is 11.9. The molecule has 1 fully saturated rings. The smallest absolute Gasteiger partial charge is 0.306 e. The summed E-state index contributed by atoms with van der Waals surface area (Å²) in [6, 6.07) is 17.9. The van der Waals surface area contributed by atoms with Gasteiger partial charge in [0.2, 0.25) is 5.13 Å². The van der Waals surface area contributed by atoms with Crippen molar-refractivity contribution in [2.24, 2.45) is 32.3 Å². The molecular weight excluding hydrogens is 605 g/mol. The lowest BCUT2D eigenvalue weighted by molar-refractivity contribution is -0.143. The number of carbonyl (C=O) groups is 1. The molecule has 9 nitrogen and oxygen atoms in total. The molecule has 0 N–H and O–H groups in total. The Morgan fingerprint density at radius 1 is 0.911 bits per heavy atom. The Kier molecular flexibility index (Phi) is 12.2. The summed E-state index contributed by atoms with van der Waals surface area (Å²) in [6.07, 6.45) is 5.65. The van der Waals surface area contributed by atoms with E-state index in [1.54, 1.807) is 0 Å². The Morgan fingerprint density at radius 3 is 2.33 bits per heavy atom. The molecule has 2 aromatic heterocycles. The number of esters is 1. The molecule has 1 aliphatic heterocycles. The lowest BCUT2D eigenvalue weighted by Crippen LogP contribution is -2.36. The highest BCUT2D eigenvalue weighted by molar-refractivity contribution is 7.30. The Morgan fingerprint density at radius 2 is 1.62 bits per heavy atom. The first kappa shape index (κ1) is 32.8. The van der Waals surface area contributed by atoms with Crippen molar-refractivity contribution in [3.05, 3.63) is 60.2 Å². The van der Waals surface area contributed by atoms with Crippen molar-refractivity contribution in [1.82, 2.24) is 4.98 Å². The molecule has 0 spiro atoms. The summed E-state index contributed by atoms with van der Waals surface area (Å²) in [6.45, 7) is 10.6. The van der Waals surface area contributed by atoms with Crippen molar-refractivity contribution in [1.29, 1.82) is 0 Å². The van der Waals surface area contributed by atoms with Gasteiger partial charge in [0.15, 0.2) is 0 Å². The molecular formula is C34H42N6O3S2. The quantitative estimate of drug-likeness (QED) is 0.0945. The molecule has 2 aromatic carbocycles. The van der Waals surface area contributed by atoms with Crippen molar-refractivity contribution in [2.45, 2.75) is 59.3 Å². The molecule has 45 heavy (non-hydrogen) atoms. The molecule has 0 aliphatic carbocycles. The molecule has 1 atom stereocenters. The molecule has 0 saturated carbocycles. The van der Waals surface area contributed by atoms with Crippen LogP contribution in [0.3, 0.4) is 0 Å².